The first kappa shape index (κ1) is 4.52. The van der Waals surface area contributed by atoms with Gasteiger partial charge in [-0.15, -0.1) is 0 Å². The third-order valence-electron chi connectivity index (χ3n) is 0. The van der Waals surface area contributed by atoms with Crippen LogP contribution in [0.4, 0.5) is 0 Å². The topological polar surface area (TPSA) is 0 Å². The van der Waals surface area contributed by atoms with E-state index < -0.39 is 0 Å². The van der Waals surface area contributed by atoms with Crippen LogP contribution < -0.4 is 0 Å². The van der Waals surface area contributed by atoms with Crippen molar-refractivity contribution in [3.8, 4) is 0 Å². The van der Waals surface area contributed by atoms with Gasteiger partial charge in [0.05, 0.1) is 0 Å². The second kappa shape index (κ2) is 1.80. The summed E-state index contributed by atoms with van der Waals surface area (Å²) in [5, 5.41) is 0. The molecule has 0 unspecified atom stereocenters. The quantitative estimate of drug-likeness (QED) is 0.416. The van der Waals surface area contributed by atoms with E-state index in [1.807, 2.05) is 0 Å². The Morgan fingerprint density at radius 1 is 1.50 bits per heavy atom. The van der Waals surface area contributed by atoms with Gasteiger partial charge in [0.2, 0.25) is 0 Å². The third-order valence-corrected chi connectivity index (χ3v) is 0. The average molecular weight is 123 g/mol. The zero-order valence-corrected chi connectivity index (χ0v) is 4.90. The van der Waals surface area contributed by atoms with Crippen molar-refractivity contribution in [2.45, 2.75) is 18.7 Å². The van der Waals surface area contributed by atoms with Gasteiger partial charge in [0, 0.05) is 0 Å². The van der Waals surface area contributed by atoms with Crippen LogP contribution in [0.3, 0.4) is 0 Å². The molecule has 0 amide bonds. The van der Waals surface area contributed by atoms with Crippen molar-refractivity contribution < 1.29 is 0 Å². The van der Waals surface area contributed by atoms with Crippen LogP contribution in [-0.4, -0.2) is 16.0 Å². The van der Waals surface area contributed by atoms with Crippen molar-refractivity contribution in [1.29, 1.82) is 0 Å². The van der Waals surface area contributed by atoms with Crippen LogP contribution >= 0.6 is 0 Å². The van der Waals surface area contributed by atoms with Crippen LogP contribution in [0.2, 0.25) is 4.82 Å². The molecule has 0 N–H and O–H groups in total. The molecule has 0 rings (SSSR count). The van der Waals surface area contributed by atoms with E-state index in [0.29, 0.717) is 0 Å². The summed E-state index contributed by atoms with van der Waals surface area (Å²) in [6.45, 7) is 4.28. The van der Waals surface area contributed by atoms with Crippen molar-refractivity contribution >= 4 is 16.0 Å². The molecular weight excluding hydrogens is 115 g/mol. The Bertz CT molecular complexity index is 8.00. The molecule has 0 nitrogen and oxygen atoms in total. The molecule has 0 aromatic carbocycles. The number of hydrogen-bond acceptors (Lipinski definition) is 0. The van der Waals surface area contributed by atoms with Gasteiger partial charge in [-0.2, -0.15) is 0 Å². The Morgan fingerprint density at radius 2 is 1.50 bits per heavy atom. The second-order valence-corrected chi connectivity index (χ2v) is 3.26. The van der Waals surface area contributed by atoms with E-state index in [1.54, 1.807) is 0 Å². The summed E-state index contributed by atoms with van der Waals surface area (Å²) in [6, 6.07) is 0. The number of rotatable bonds is 0. The first-order valence-electron chi connectivity index (χ1n) is 1.41. The molecule has 1 heteroatoms. The van der Waals surface area contributed by atoms with Gasteiger partial charge in [-0.25, -0.2) is 0 Å². The molecule has 0 spiro atoms. The Balaban J connectivity index is 2.32. The summed E-state index contributed by atoms with van der Waals surface area (Å²) in [5.74, 6) is 0. The molecule has 0 aliphatic carbocycles. The molecule has 26 valence electrons. The van der Waals surface area contributed by atoms with E-state index in [1.165, 1.54) is 0 Å². The molecule has 0 saturated heterocycles. The summed E-state index contributed by atoms with van der Waals surface area (Å²) in [5.41, 5.74) is 0. The van der Waals surface area contributed by atoms with Crippen LogP contribution in [0.1, 0.15) is 13.8 Å². The molecule has 0 bridgehead atoms. The fourth-order valence-electron chi connectivity index (χ4n) is 0. The fraction of sp³-hybridized carbons (Fsp3) is 1.00. The Kier molecular flexibility index (Phi) is 2.04. The van der Waals surface area contributed by atoms with Gasteiger partial charge in [-0.1, -0.05) is 0 Å². The van der Waals surface area contributed by atoms with Gasteiger partial charge >= 0.3 is 34.7 Å². The van der Waals surface area contributed by atoms with Crippen LogP contribution in [0.5, 0.6) is 0 Å². The van der Waals surface area contributed by atoms with E-state index in [-0.39, 0.29) is 0 Å². The average Bonchev–Trinajstić information content (AvgIpc) is 0.811. The zero-order chi connectivity index (χ0) is 3.58. The molecule has 0 heterocycles. The van der Waals surface area contributed by atoms with E-state index in [4.69, 9.17) is 0 Å². The Morgan fingerprint density at radius 3 is 1.50 bits per heavy atom. The first-order valence-corrected chi connectivity index (χ1v) is 2.50. The van der Waals surface area contributed by atoms with Gasteiger partial charge < -0.3 is 0 Å². The van der Waals surface area contributed by atoms with E-state index in [2.05, 4.69) is 29.9 Å². The van der Waals surface area contributed by atoms with Crippen LogP contribution in [0.25, 0.3) is 0 Å². The molecule has 0 aromatic rings. The summed E-state index contributed by atoms with van der Waals surface area (Å²) >= 11 is 2.53. The molecule has 0 saturated carbocycles. The molecule has 0 atom stereocenters. The van der Waals surface area contributed by atoms with Crippen LogP contribution in [-0.2, 0) is 0 Å². The van der Waals surface area contributed by atoms with Crippen molar-refractivity contribution in [2.75, 3.05) is 0 Å². The summed E-state index contributed by atoms with van der Waals surface area (Å²) < 4.78 is 0. The molecule has 0 aliphatic rings. The second-order valence-electron chi connectivity index (χ2n) is 1.09. The minimum atomic E-state index is 0.771. The normalized spacial score (nSPS) is 9.00. The molecule has 0 aromatic heterocycles. The zero-order valence-electron chi connectivity index (χ0n) is 3.02. The predicted octanol–water partition coefficient (Wildman–Crippen LogP) is 0.716. The molecule has 0 fully saturated rings. The van der Waals surface area contributed by atoms with Crippen molar-refractivity contribution in [2.24, 2.45) is 0 Å². The van der Waals surface area contributed by atoms with E-state index in [9.17, 15) is 0 Å². The van der Waals surface area contributed by atoms with Crippen molar-refractivity contribution in [3.63, 3.8) is 0 Å². The monoisotopic (exact) mass is 124 g/mol. The third kappa shape index (κ3) is 21.6. The summed E-state index contributed by atoms with van der Waals surface area (Å²) in [6.07, 6.45) is 0. The molecular formula is C3H8Se. The summed E-state index contributed by atoms with van der Waals surface area (Å²) in [4.78, 5) is 0.771. The van der Waals surface area contributed by atoms with Gasteiger partial charge in [0.1, 0.15) is 0 Å². The summed E-state index contributed by atoms with van der Waals surface area (Å²) in [7, 11) is 0. The van der Waals surface area contributed by atoms with Crippen LogP contribution in [0, 0.1) is 0 Å². The van der Waals surface area contributed by atoms with Gasteiger partial charge in [0.25, 0.3) is 0 Å². The Hall–Kier alpha value is 0.519. The molecule has 0 aliphatic heterocycles. The van der Waals surface area contributed by atoms with Gasteiger partial charge in [-0.05, 0) is 0 Å². The first-order chi connectivity index (χ1) is 1.73. The van der Waals surface area contributed by atoms with Gasteiger partial charge in [-0.3, -0.25) is 0 Å². The molecule has 0 radical (unpaired) electrons. The number of hydrogen-bond donors (Lipinski definition) is 0. The van der Waals surface area contributed by atoms with Crippen LogP contribution in [0.15, 0.2) is 0 Å². The standard InChI is InChI=1S/C3H8Se/c1-3(2)4/h3-4H,1-2H3. The SMILES string of the molecule is CC(C)[SeH]. The predicted molar refractivity (Wildman–Crippen MR) is 22.2 cm³/mol. The molecule has 4 heavy (non-hydrogen) atoms. The van der Waals surface area contributed by atoms with E-state index in [0.717, 1.165) is 4.82 Å². The van der Waals surface area contributed by atoms with Crippen molar-refractivity contribution in [3.05, 3.63) is 0 Å². The minimum absolute atomic E-state index is 0.771. The van der Waals surface area contributed by atoms with E-state index >= 15 is 0 Å². The van der Waals surface area contributed by atoms with Gasteiger partial charge in [0.15, 0.2) is 0 Å². The maximum absolute atomic E-state index is 2.53. The Labute approximate surface area is 35.4 Å². The maximum atomic E-state index is 2.53. The fourth-order valence-corrected chi connectivity index (χ4v) is 0. The van der Waals surface area contributed by atoms with Crippen molar-refractivity contribution in [1.82, 2.24) is 0 Å².